The summed E-state index contributed by atoms with van der Waals surface area (Å²) >= 11 is 0.925. The van der Waals surface area contributed by atoms with E-state index in [-0.39, 0.29) is 13.0 Å². The van der Waals surface area contributed by atoms with Crippen molar-refractivity contribution in [3.8, 4) is 0 Å². The molecule has 0 aliphatic rings. The first-order valence-corrected chi connectivity index (χ1v) is 5.83. The number of aromatic nitrogens is 2. The molecule has 1 heterocycles. The number of hydrogen-bond acceptors (Lipinski definition) is 6. The number of rotatable bonds is 6. The van der Waals surface area contributed by atoms with Gasteiger partial charge in [0.2, 0.25) is 0 Å². The Bertz CT molecular complexity index is 407. The van der Waals surface area contributed by atoms with Crippen LogP contribution < -0.4 is 5.32 Å². The number of nitrogens with zero attached hydrogens (tertiary/aromatic N) is 2. The fourth-order valence-corrected chi connectivity index (χ4v) is 1.88. The van der Waals surface area contributed by atoms with Crippen molar-refractivity contribution in [2.45, 2.75) is 25.8 Å². The van der Waals surface area contributed by atoms with Crippen LogP contribution in [0.4, 0.5) is 0 Å². The van der Waals surface area contributed by atoms with Gasteiger partial charge in [-0.1, -0.05) is 11.4 Å². The average Bonchev–Trinajstić information content (AvgIpc) is 2.76. The number of hydrogen-bond donors (Lipinski definition) is 3. The number of aliphatic carboxylic acids is 1. The van der Waals surface area contributed by atoms with E-state index in [1.54, 1.807) is 0 Å². The zero-order valence-corrected chi connectivity index (χ0v) is 10.0. The fraction of sp³-hybridized carbons (Fsp3) is 0.556. The van der Waals surface area contributed by atoms with Gasteiger partial charge in [-0.3, -0.25) is 4.79 Å². The number of amides is 1. The molecule has 0 aliphatic carbocycles. The fourth-order valence-electron chi connectivity index (χ4n) is 1.22. The minimum Gasteiger partial charge on any atom is -0.480 e. The Morgan fingerprint density at radius 1 is 1.53 bits per heavy atom. The van der Waals surface area contributed by atoms with Gasteiger partial charge in [0.05, 0.1) is 5.69 Å². The maximum Gasteiger partial charge on any atom is 0.326 e. The molecule has 0 saturated heterocycles. The largest absolute Gasteiger partial charge is 0.480 e. The van der Waals surface area contributed by atoms with Crippen molar-refractivity contribution >= 4 is 23.4 Å². The van der Waals surface area contributed by atoms with Crippen molar-refractivity contribution in [2.24, 2.45) is 0 Å². The molecule has 7 nitrogen and oxygen atoms in total. The van der Waals surface area contributed by atoms with Crippen LogP contribution in [0.2, 0.25) is 0 Å². The summed E-state index contributed by atoms with van der Waals surface area (Å²) in [5, 5.41) is 23.6. The van der Waals surface area contributed by atoms with Crippen LogP contribution in [-0.4, -0.2) is 44.3 Å². The van der Waals surface area contributed by atoms with Gasteiger partial charge < -0.3 is 15.5 Å². The molecule has 1 rings (SSSR count). The molecule has 1 amide bonds. The van der Waals surface area contributed by atoms with E-state index in [9.17, 15) is 9.59 Å². The second kappa shape index (κ2) is 6.26. The van der Waals surface area contributed by atoms with Crippen molar-refractivity contribution in [1.82, 2.24) is 14.9 Å². The second-order valence-corrected chi connectivity index (χ2v) is 4.03. The first kappa shape index (κ1) is 13.5. The van der Waals surface area contributed by atoms with Gasteiger partial charge in [0.15, 0.2) is 0 Å². The van der Waals surface area contributed by atoms with Gasteiger partial charge >= 0.3 is 5.97 Å². The lowest BCUT2D eigenvalue weighted by Crippen LogP contribution is -2.41. The molecule has 8 heteroatoms. The van der Waals surface area contributed by atoms with Gasteiger partial charge in [-0.15, -0.1) is 5.10 Å². The second-order valence-electron chi connectivity index (χ2n) is 3.28. The van der Waals surface area contributed by atoms with E-state index in [2.05, 4.69) is 14.9 Å². The van der Waals surface area contributed by atoms with Gasteiger partial charge in [-0.25, -0.2) is 4.79 Å². The quantitative estimate of drug-likeness (QED) is 0.644. The lowest BCUT2D eigenvalue weighted by atomic mass is 10.2. The summed E-state index contributed by atoms with van der Waals surface area (Å²) in [6.45, 7) is 1.52. The third-order valence-corrected chi connectivity index (χ3v) is 2.88. The van der Waals surface area contributed by atoms with E-state index in [1.165, 1.54) is 0 Å². The highest BCUT2D eigenvalue weighted by Crippen LogP contribution is 2.11. The monoisotopic (exact) mass is 259 g/mol. The van der Waals surface area contributed by atoms with Crippen molar-refractivity contribution in [2.75, 3.05) is 6.61 Å². The van der Waals surface area contributed by atoms with Crippen molar-refractivity contribution in [3.63, 3.8) is 0 Å². The number of carbonyl (C=O) groups excluding carboxylic acids is 1. The van der Waals surface area contributed by atoms with Crippen LogP contribution in [0.15, 0.2) is 0 Å². The van der Waals surface area contributed by atoms with E-state index >= 15 is 0 Å². The van der Waals surface area contributed by atoms with Crippen LogP contribution in [0.1, 0.15) is 28.7 Å². The number of carboxylic acids is 1. The number of carbonyl (C=O) groups is 2. The summed E-state index contributed by atoms with van der Waals surface area (Å²) in [6.07, 6.45) is 0.520. The molecule has 1 aromatic rings. The minimum absolute atomic E-state index is 0.0330. The van der Waals surface area contributed by atoms with Gasteiger partial charge in [-0.05, 0) is 18.0 Å². The van der Waals surface area contributed by atoms with Gasteiger partial charge in [0, 0.05) is 13.0 Å². The predicted molar refractivity (Wildman–Crippen MR) is 59.9 cm³/mol. The lowest BCUT2D eigenvalue weighted by molar-refractivity contribution is -0.139. The highest BCUT2D eigenvalue weighted by atomic mass is 32.1. The van der Waals surface area contributed by atoms with Crippen LogP contribution in [0.3, 0.4) is 0 Å². The Hall–Kier alpha value is -1.54. The van der Waals surface area contributed by atoms with E-state index in [1.807, 2.05) is 6.92 Å². The highest BCUT2D eigenvalue weighted by molar-refractivity contribution is 7.08. The maximum absolute atomic E-state index is 11.7. The smallest absolute Gasteiger partial charge is 0.326 e. The standard InChI is InChI=1S/C9H13N3O4S/c1-2-5-7(17-12-11-5)8(14)10-6(3-4-13)9(15)16/h6,13H,2-4H2,1H3,(H,10,14)(H,15,16). The molecule has 3 N–H and O–H groups in total. The van der Waals surface area contributed by atoms with Crippen molar-refractivity contribution < 1.29 is 19.8 Å². The summed E-state index contributed by atoms with van der Waals surface area (Å²) in [7, 11) is 0. The molecule has 1 atom stereocenters. The third kappa shape index (κ3) is 3.46. The topological polar surface area (TPSA) is 112 Å². The molecule has 0 bridgehead atoms. The maximum atomic E-state index is 11.7. The molecule has 94 valence electrons. The first-order chi connectivity index (χ1) is 8.10. The zero-order valence-electron chi connectivity index (χ0n) is 9.21. The van der Waals surface area contributed by atoms with Crippen LogP contribution >= 0.6 is 11.5 Å². The lowest BCUT2D eigenvalue weighted by Gasteiger charge is -2.12. The predicted octanol–water partition coefficient (Wildman–Crippen LogP) is -0.334. The summed E-state index contributed by atoms with van der Waals surface area (Å²) in [5.74, 6) is -1.69. The Morgan fingerprint density at radius 2 is 2.24 bits per heavy atom. The first-order valence-electron chi connectivity index (χ1n) is 5.05. The normalized spacial score (nSPS) is 12.1. The zero-order chi connectivity index (χ0) is 12.8. The van der Waals surface area contributed by atoms with Crippen LogP contribution in [0.5, 0.6) is 0 Å². The molecular weight excluding hydrogens is 246 g/mol. The van der Waals surface area contributed by atoms with E-state index in [4.69, 9.17) is 10.2 Å². The molecule has 0 aromatic carbocycles. The van der Waals surface area contributed by atoms with Gasteiger partial charge in [0.1, 0.15) is 10.9 Å². The molecular formula is C9H13N3O4S. The van der Waals surface area contributed by atoms with Crippen molar-refractivity contribution in [3.05, 3.63) is 10.6 Å². The molecule has 0 fully saturated rings. The average molecular weight is 259 g/mol. The molecule has 0 saturated carbocycles. The minimum atomic E-state index is -1.18. The Kier molecular flexibility index (Phi) is 4.98. The summed E-state index contributed by atoms with van der Waals surface area (Å²) in [4.78, 5) is 22.9. The SMILES string of the molecule is CCc1nnsc1C(=O)NC(CCO)C(=O)O. The summed E-state index contributed by atoms with van der Waals surface area (Å²) in [6, 6.07) is -1.10. The Balaban J connectivity index is 2.73. The third-order valence-electron chi connectivity index (χ3n) is 2.12. The molecule has 0 spiro atoms. The molecule has 1 aromatic heterocycles. The van der Waals surface area contributed by atoms with Crippen LogP contribution in [0.25, 0.3) is 0 Å². The Morgan fingerprint density at radius 3 is 2.76 bits per heavy atom. The highest BCUT2D eigenvalue weighted by Gasteiger charge is 2.22. The van der Waals surface area contributed by atoms with Crippen LogP contribution in [0, 0.1) is 0 Å². The molecule has 1 unspecified atom stereocenters. The van der Waals surface area contributed by atoms with Gasteiger partial charge in [-0.2, -0.15) is 0 Å². The van der Waals surface area contributed by atoms with Crippen LogP contribution in [-0.2, 0) is 11.2 Å². The number of aliphatic hydroxyl groups is 1. The van der Waals surface area contributed by atoms with Gasteiger partial charge in [0.25, 0.3) is 5.91 Å². The number of carboxylic acid groups (broad SMARTS) is 1. The number of aliphatic hydroxyl groups excluding tert-OH is 1. The summed E-state index contributed by atoms with van der Waals surface area (Å²) < 4.78 is 3.65. The molecule has 0 aliphatic heterocycles. The summed E-state index contributed by atoms with van der Waals surface area (Å²) in [5.41, 5.74) is 0.542. The molecule has 0 radical (unpaired) electrons. The Labute approximate surface area is 102 Å². The van der Waals surface area contributed by atoms with Crippen molar-refractivity contribution in [1.29, 1.82) is 0 Å². The van der Waals surface area contributed by atoms with E-state index in [0.29, 0.717) is 17.0 Å². The number of aryl methyl sites for hydroxylation is 1. The molecule has 17 heavy (non-hydrogen) atoms. The van der Waals surface area contributed by atoms with E-state index < -0.39 is 17.9 Å². The number of nitrogens with one attached hydrogen (secondary N) is 1. The van der Waals surface area contributed by atoms with E-state index in [0.717, 1.165) is 11.5 Å².